The number of nitrogens with zero attached hydrogens (tertiary/aromatic N) is 2. The van der Waals surface area contributed by atoms with Crippen LogP contribution in [0, 0.1) is 0 Å². The van der Waals surface area contributed by atoms with Crippen molar-refractivity contribution in [2.24, 2.45) is 5.73 Å². The fourth-order valence-electron chi connectivity index (χ4n) is 2.32. The molecule has 0 amide bonds. The second-order valence-corrected chi connectivity index (χ2v) is 5.08. The van der Waals surface area contributed by atoms with E-state index in [0.717, 1.165) is 24.7 Å². The van der Waals surface area contributed by atoms with Crippen molar-refractivity contribution in [3.63, 3.8) is 0 Å². The highest BCUT2D eigenvalue weighted by molar-refractivity contribution is 6.30. The second-order valence-electron chi connectivity index (χ2n) is 4.65. The van der Waals surface area contributed by atoms with Crippen LogP contribution in [0.3, 0.4) is 0 Å². The Balaban J connectivity index is 2.12. The maximum Gasteiger partial charge on any atom is 0.0407 e. The molecule has 1 atom stereocenters. The zero-order valence-corrected chi connectivity index (χ0v) is 11.0. The quantitative estimate of drug-likeness (QED) is 0.873. The van der Waals surface area contributed by atoms with Crippen LogP contribution in [0.5, 0.6) is 0 Å². The Bertz CT molecular complexity index is 352. The summed E-state index contributed by atoms with van der Waals surface area (Å²) >= 11 is 5.92. The Morgan fingerprint density at radius 1 is 1.29 bits per heavy atom. The fourth-order valence-corrected chi connectivity index (χ4v) is 2.45. The topological polar surface area (TPSA) is 32.5 Å². The summed E-state index contributed by atoms with van der Waals surface area (Å²) in [5, 5.41) is 0.788. The number of benzene rings is 1. The van der Waals surface area contributed by atoms with Crippen LogP contribution < -0.4 is 10.6 Å². The Kier molecular flexibility index (Phi) is 4.26. The fraction of sp³-hybridized carbons (Fsp3) is 0.538. The Morgan fingerprint density at radius 3 is 2.65 bits per heavy atom. The molecule has 2 rings (SSSR count). The lowest BCUT2D eigenvalue weighted by atomic mass is 10.2. The smallest absolute Gasteiger partial charge is 0.0407 e. The van der Waals surface area contributed by atoms with Crippen LogP contribution in [0.15, 0.2) is 24.3 Å². The molecule has 0 aromatic heterocycles. The Hall–Kier alpha value is -0.770. The summed E-state index contributed by atoms with van der Waals surface area (Å²) in [5.74, 6) is 0. The number of likely N-dealkylation sites (N-methyl/N-ethyl adjacent to an activating group) is 1. The van der Waals surface area contributed by atoms with Gasteiger partial charge in [-0.05, 0) is 44.3 Å². The average molecular weight is 254 g/mol. The van der Waals surface area contributed by atoms with Gasteiger partial charge in [0.1, 0.15) is 0 Å². The molecule has 1 aromatic rings. The van der Waals surface area contributed by atoms with Gasteiger partial charge in [0.25, 0.3) is 0 Å². The molecule has 4 heteroatoms. The normalized spacial score (nSPS) is 22.5. The van der Waals surface area contributed by atoms with E-state index in [-0.39, 0.29) is 0 Å². The molecule has 1 aliphatic rings. The van der Waals surface area contributed by atoms with Gasteiger partial charge in [-0.1, -0.05) is 11.6 Å². The molecular formula is C13H20ClN3. The number of halogens is 1. The SMILES string of the molecule is CN1CCCN(c2ccc(Cl)cc2)CC1CN. The number of hydrogen-bond donors (Lipinski definition) is 1. The van der Waals surface area contributed by atoms with E-state index < -0.39 is 0 Å². The summed E-state index contributed by atoms with van der Waals surface area (Å²) in [6, 6.07) is 8.50. The lowest BCUT2D eigenvalue weighted by Crippen LogP contribution is -2.43. The van der Waals surface area contributed by atoms with Crippen molar-refractivity contribution in [2.45, 2.75) is 12.5 Å². The van der Waals surface area contributed by atoms with E-state index >= 15 is 0 Å². The van der Waals surface area contributed by atoms with Crippen molar-refractivity contribution in [1.29, 1.82) is 0 Å². The molecule has 2 N–H and O–H groups in total. The monoisotopic (exact) mass is 253 g/mol. The zero-order valence-electron chi connectivity index (χ0n) is 10.3. The van der Waals surface area contributed by atoms with Gasteiger partial charge in [-0.2, -0.15) is 0 Å². The Labute approximate surface area is 108 Å². The maximum atomic E-state index is 5.92. The molecule has 1 aliphatic heterocycles. The van der Waals surface area contributed by atoms with Crippen molar-refractivity contribution in [3.8, 4) is 0 Å². The molecule has 1 fully saturated rings. The molecule has 1 unspecified atom stereocenters. The largest absolute Gasteiger partial charge is 0.370 e. The highest BCUT2D eigenvalue weighted by Gasteiger charge is 2.21. The summed E-state index contributed by atoms with van der Waals surface area (Å²) in [7, 11) is 2.16. The van der Waals surface area contributed by atoms with Crippen LogP contribution in [0.1, 0.15) is 6.42 Å². The third-order valence-electron chi connectivity index (χ3n) is 3.46. The molecular weight excluding hydrogens is 234 g/mol. The lowest BCUT2D eigenvalue weighted by Gasteiger charge is -2.29. The Morgan fingerprint density at radius 2 is 2.00 bits per heavy atom. The summed E-state index contributed by atoms with van der Waals surface area (Å²) in [4.78, 5) is 4.76. The zero-order chi connectivity index (χ0) is 12.3. The first-order chi connectivity index (χ1) is 8.20. The molecule has 0 saturated carbocycles. The van der Waals surface area contributed by atoms with Crippen LogP contribution in [-0.2, 0) is 0 Å². The lowest BCUT2D eigenvalue weighted by molar-refractivity contribution is 0.266. The molecule has 0 spiro atoms. The summed E-state index contributed by atoms with van der Waals surface area (Å²) in [6.07, 6.45) is 1.18. The first-order valence-corrected chi connectivity index (χ1v) is 6.49. The number of rotatable bonds is 2. The first kappa shape index (κ1) is 12.7. The van der Waals surface area contributed by atoms with Crippen LogP contribution in [-0.4, -0.2) is 44.2 Å². The van der Waals surface area contributed by atoms with Crippen LogP contribution in [0.4, 0.5) is 5.69 Å². The maximum absolute atomic E-state index is 5.92. The van der Waals surface area contributed by atoms with E-state index in [1.807, 2.05) is 12.1 Å². The van der Waals surface area contributed by atoms with Gasteiger partial charge >= 0.3 is 0 Å². The predicted octanol–water partition coefficient (Wildman–Crippen LogP) is 1.81. The molecule has 17 heavy (non-hydrogen) atoms. The van der Waals surface area contributed by atoms with E-state index in [1.54, 1.807) is 0 Å². The van der Waals surface area contributed by atoms with Gasteiger partial charge in [0.05, 0.1) is 0 Å². The van der Waals surface area contributed by atoms with Crippen LogP contribution in [0.2, 0.25) is 5.02 Å². The van der Waals surface area contributed by atoms with E-state index in [4.69, 9.17) is 17.3 Å². The highest BCUT2D eigenvalue weighted by Crippen LogP contribution is 2.20. The van der Waals surface area contributed by atoms with E-state index in [9.17, 15) is 0 Å². The van der Waals surface area contributed by atoms with Crippen molar-refractivity contribution in [2.75, 3.05) is 38.1 Å². The third-order valence-corrected chi connectivity index (χ3v) is 3.71. The minimum absolute atomic E-state index is 0.438. The molecule has 0 radical (unpaired) electrons. The molecule has 1 saturated heterocycles. The minimum atomic E-state index is 0.438. The van der Waals surface area contributed by atoms with Gasteiger partial charge in [0, 0.05) is 36.4 Å². The third kappa shape index (κ3) is 3.12. The summed E-state index contributed by atoms with van der Waals surface area (Å²) < 4.78 is 0. The number of anilines is 1. The van der Waals surface area contributed by atoms with Gasteiger partial charge in [-0.15, -0.1) is 0 Å². The van der Waals surface area contributed by atoms with Crippen LogP contribution in [0.25, 0.3) is 0 Å². The molecule has 3 nitrogen and oxygen atoms in total. The number of nitrogens with two attached hydrogens (primary N) is 1. The highest BCUT2D eigenvalue weighted by atomic mass is 35.5. The van der Waals surface area contributed by atoms with Gasteiger partial charge in [0.15, 0.2) is 0 Å². The predicted molar refractivity (Wildman–Crippen MR) is 73.8 cm³/mol. The van der Waals surface area contributed by atoms with E-state index in [1.165, 1.54) is 12.1 Å². The average Bonchev–Trinajstić information content (AvgIpc) is 2.52. The standard InChI is InChI=1S/C13H20ClN3/c1-16-7-2-8-17(10-13(16)9-15)12-5-3-11(14)4-6-12/h3-6,13H,2,7-10,15H2,1H3. The molecule has 0 aliphatic carbocycles. The van der Waals surface area contributed by atoms with Gasteiger partial charge < -0.3 is 15.5 Å². The minimum Gasteiger partial charge on any atom is -0.370 e. The van der Waals surface area contributed by atoms with E-state index in [2.05, 4.69) is 29.0 Å². The van der Waals surface area contributed by atoms with Crippen LogP contribution >= 0.6 is 11.6 Å². The van der Waals surface area contributed by atoms with Crippen molar-refractivity contribution < 1.29 is 0 Å². The van der Waals surface area contributed by atoms with Gasteiger partial charge in [0.2, 0.25) is 0 Å². The van der Waals surface area contributed by atoms with Crippen molar-refractivity contribution in [1.82, 2.24) is 4.90 Å². The molecule has 0 bridgehead atoms. The number of hydrogen-bond acceptors (Lipinski definition) is 3. The van der Waals surface area contributed by atoms with Crippen molar-refractivity contribution in [3.05, 3.63) is 29.3 Å². The first-order valence-electron chi connectivity index (χ1n) is 6.11. The second kappa shape index (κ2) is 5.71. The van der Waals surface area contributed by atoms with Gasteiger partial charge in [-0.3, -0.25) is 0 Å². The molecule has 1 aromatic carbocycles. The summed E-state index contributed by atoms with van der Waals surface area (Å²) in [6.45, 7) is 3.91. The molecule has 94 valence electrons. The van der Waals surface area contributed by atoms with Crippen molar-refractivity contribution >= 4 is 17.3 Å². The molecule has 1 heterocycles. The van der Waals surface area contributed by atoms with Gasteiger partial charge in [-0.25, -0.2) is 0 Å². The summed E-state index contributed by atoms with van der Waals surface area (Å²) in [5.41, 5.74) is 7.08. The van der Waals surface area contributed by atoms with E-state index in [0.29, 0.717) is 12.6 Å².